The van der Waals surface area contributed by atoms with Crippen LogP contribution in [-0.4, -0.2) is 21.3 Å². The standard InChI is InChI=1S/C8H6FIN2O2/c9-8-6(4(10)1-2-12-8)7(14)5(13)3-11/h1-2,5,7,13-14H. The monoisotopic (exact) mass is 308 g/mol. The molecule has 1 aromatic rings. The topological polar surface area (TPSA) is 77.1 Å². The van der Waals surface area contributed by atoms with Gasteiger partial charge in [-0.25, -0.2) is 4.98 Å². The lowest BCUT2D eigenvalue weighted by atomic mass is 10.1. The second-order valence-corrected chi connectivity index (χ2v) is 3.68. The number of aromatic nitrogens is 1. The molecule has 4 nitrogen and oxygen atoms in total. The first kappa shape index (κ1) is 11.3. The van der Waals surface area contributed by atoms with Gasteiger partial charge in [-0.2, -0.15) is 9.65 Å². The SMILES string of the molecule is N#CC(O)C(O)c1c(I)ccnc1F. The van der Waals surface area contributed by atoms with E-state index in [4.69, 9.17) is 10.4 Å². The Labute approximate surface area is 93.2 Å². The molecule has 2 atom stereocenters. The summed E-state index contributed by atoms with van der Waals surface area (Å²) in [6, 6.07) is 2.90. The Morgan fingerprint density at radius 3 is 2.71 bits per heavy atom. The quantitative estimate of drug-likeness (QED) is 0.480. The summed E-state index contributed by atoms with van der Waals surface area (Å²) in [5, 5.41) is 26.8. The number of nitrogens with zero attached hydrogens (tertiary/aromatic N) is 2. The molecular formula is C8H6FIN2O2. The number of halogens is 2. The average molecular weight is 308 g/mol. The molecule has 0 radical (unpaired) electrons. The van der Waals surface area contributed by atoms with Crippen LogP contribution in [0.15, 0.2) is 12.3 Å². The summed E-state index contributed by atoms with van der Waals surface area (Å²) < 4.78 is 13.5. The first-order chi connectivity index (χ1) is 6.57. The molecule has 14 heavy (non-hydrogen) atoms. The van der Waals surface area contributed by atoms with Gasteiger partial charge in [-0.1, -0.05) is 0 Å². The van der Waals surface area contributed by atoms with Crippen molar-refractivity contribution in [2.75, 3.05) is 0 Å². The van der Waals surface area contributed by atoms with Crippen molar-refractivity contribution in [3.63, 3.8) is 0 Å². The van der Waals surface area contributed by atoms with Gasteiger partial charge in [0.05, 0.1) is 11.6 Å². The molecule has 0 amide bonds. The molecule has 0 fully saturated rings. The second kappa shape index (κ2) is 4.63. The molecule has 2 unspecified atom stereocenters. The van der Waals surface area contributed by atoms with Crippen LogP contribution in [0.4, 0.5) is 4.39 Å². The highest BCUT2D eigenvalue weighted by Gasteiger charge is 2.24. The number of rotatable bonds is 2. The fourth-order valence-corrected chi connectivity index (χ4v) is 1.62. The third kappa shape index (κ3) is 2.17. The van der Waals surface area contributed by atoms with E-state index in [0.29, 0.717) is 3.57 Å². The molecule has 74 valence electrons. The maximum absolute atomic E-state index is 13.1. The van der Waals surface area contributed by atoms with E-state index in [-0.39, 0.29) is 5.56 Å². The van der Waals surface area contributed by atoms with Crippen LogP contribution in [0.3, 0.4) is 0 Å². The highest BCUT2D eigenvalue weighted by atomic mass is 127. The van der Waals surface area contributed by atoms with Crippen LogP contribution in [0.2, 0.25) is 0 Å². The Morgan fingerprint density at radius 2 is 2.21 bits per heavy atom. The summed E-state index contributed by atoms with van der Waals surface area (Å²) in [5.41, 5.74) is -0.151. The van der Waals surface area contributed by atoms with Crippen LogP contribution in [0.25, 0.3) is 0 Å². The Hall–Kier alpha value is -0.780. The minimum atomic E-state index is -1.65. The maximum atomic E-state index is 13.1. The summed E-state index contributed by atoms with van der Waals surface area (Å²) in [4.78, 5) is 3.33. The van der Waals surface area contributed by atoms with Crippen LogP contribution in [0, 0.1) is 20.8 Å². The summed E-state index contributed by atoms with van der Waals surface area (Å²) in [6.45, 7) is 0. The van der Waals surface area contributed by atoms with E-state index in [2.05, 4.69) is 4.98 Å². The molecular weight excluding hydrogens is 302 g/mol. The van der Waals surface area contributed by atoms with Crippen molar-refractivity contribution in [2.45, 2.75) is 12.2 Å². The summed E-state index contributed by atoms with van der Waals surface area (Å²) in [6.07, 6.45) is -1.98. The van der Waals surface area contributed by atoms with Gasteiger partial charge in [0.2, 0.25) is 5.95 Å². The number of hydrogen-bond donors (Lipinski definition) is 2. The van der Waals surface area contributed by atoms with E-state index >= 15 is 0 Å². The lowest BCUT2D eigenvalue weighted by Crippen LogP contribution is -2.18. The Bertz CT molecular complexity index is 360. The molecule has 0 saturated heterocycles. The van der Waals surface area contributed by atoms with Gasteiger partial charge >= 0.3 is 0 Å². The van der Waals surface area contributed by atoms with Crippen molar-refractivity contribution < 1.29 is 14.6 Å². The highest BCUT2D eigenvalue weighted by Crippen LogP contribution is 2.23. The minimum Gasteiger partial charge on any atom is -0.384 e. The molecule has 0 spiro atoms. The molecule has 6 heteroatoms. The number of pyridine rings is 1. The molecule has 0 aliphatic carbocycles. The Kier molecular flexibility index (Phi) is 3.74. The first-order valence-corrected chi connectivity index (χ1v) is 4.71. The van der Waals surface area contributed by atoms with Crippen molar-refractivity contribution in [1.82, 2.24) is 4.98 Å². The first-order valence-electron chi connectivity index (χ1n) is 3.63. The molecule has 0 aliphatic rings. The number of hydrogen-bond acceptors (Lipinski definition) is 4. The van der Waals surface area contributed by atoms with E-state index in [1.165, 1.54) is 18.3 Å². The van der Waals surface area contributed by atoms with Crippen molar-refractivity contribution in [3.8, 4) is 6.07 Å². The number of nitriles is 1. The molecule has 2 N–H and O–H groups in total. The van der Waals surface area contributed by atoms with Gasteiger partial charge in [-0.3, -0.25) is 0 Å². The fourth-order valence-electron chi connectivity index (χ4n) is 0.918. The van der Waals surface area contributed by atoms with Crippen molar-refractivity contribution in [2.24, 2.45) is 0 Å². The van der Waals surface area contributed by atoms with Gasteiger partial charge in [0.25, 0.3) is 0 Å². The van der Waals surface area contributed by atoms with Crippen LogP contribution >= 0.6 is 22.6 Å². The van der Waals surface area contributed by atoms with E-state index in [0.717, 1.165) is 0 Å². The van der Waals surface area contributed by atoms with Gasteiger partial charge in [0, 0.05) is 9.77 Å². The van der Waals surface area contributed by atoms with E-state index in [1.54, 1.807) is 22.6 Å². The smallest absolute Gasteiger partial charge is 0.219 e. The van der Waals surface area contributed by atoms with E-state index in [1.807, 2.05) is 0 Å². The van der Waals surface area contributed by atoms with E-state index in [9.17, 15) is 9.50 Å². The van der Waals surface area contributed by atoms with Crippen molar-refractivity contribution in [1.29, 1.82) is 5.26 Å². The molecule has 0 aliphatic heterocycles. The van der Waals surface area contributed by atoms with E-state index < -0.39 is 18.2 Å². The molecule has 1 heterocycles. The van der Waals surface area contributed by atoms with Crippen LogP contribution < -0.4 is 0 Å². The van der Waals surface area contributed by atoms with Crippen LogP contribution in [0.5, 0.6) is 0 Å². The zero-order valence-electron chi connectivity index (χ0n) is 6.85. The Morgan fingerprint density at radius 1 is 1.57 bits per heavy atom. The lowest BCUT2D eigenvalue weighted by molar-refractivity contribution is 0.0491. The predicted molar refractivity (Wildman–Crippen MR) is 53.5 cm³/mol. The third-order valence-corrected chi connectivity index (χ3v) is 2.56. The van der Waals surface area contributed by atoms with Gasteiger partial charge < -0.3 is 10.2 Å². The highest BCUT2D eigenvalue weighted by molar-refractivity contribution is 14.1. The largest absolute Gasteiger partial charge is 0.384 e. The van der Waals surface area contributed by atoms with Crippen molar-refractivity contribution in [3.05, 3.63) is 27.3 Å². The van der Waals surface area contributed by atoms with Crippen molar-refractivity contribution >= 4 is 22.6 Å². The van der Waals surface area contributed by atoms with Gasteiger partial charge in [0.15, 0.2) is 6.10 Å². The number of aliphatic hydroxyl groups excluding tert-OH is 2. The number of aliphatic hydroxyl groups is 2. The summed E-state index contributed by atoms with van der Waals surface area (Å²) in [5.74, 6) is -0.876. The molecule has 0 bridgehead atoms. The van der Waals surface area contributed by atoms with Gasteiger partial charge in [-0.05, 0) is 28.7 Å². The lowest BCUT2D eigenvalue weighted by Gasteiger charge is -2.13. The zero-order valence-corrected chi connectivity index (χ0v) is 9.01. The van der Waals surface area contributed by atoms with Crippen LogP contribution in [-0.2, 0) is 0 Å². The molecule has 1 aromatic heterocycles. The summed E-state index contributed by atoms with van der Waals surface area (Å²) in [7, 11) is 0. The average Bonchev–Trinajstić information content (AvgIpc) is 2.16. The molecule has 0 aromatic carbocycles. The maximum Gasteiger partial charge on any atom is 0.219 e. The van der Waals surface area contributed by atoms with Gasteiger partial charge in [0.1, 0.15) is 6.10 Å². The minimum absolute atomic E-state index is 0.151. The molecule has 1 rings (SSSR count). The predicted octanol–water partition coefficient (Wildman–Crippen LogP) is 0.743. The normalized spacial score (nSPS) is 14.5. The van der Waals surface area contributed by atoms with Gasteiger partial charge in [-0.15, -0.1) is 0 Å². The third-order valence-electron chi connectivity index (χ3n) is 1.62. The second-order valence-electron chi connectivity index (χ2n) is 2.52. The Balaban J connectivity index is 3.13. The summed E-state index contributed by atoms with van der Waals surface area (Å²) >= 11 is 1.79. The zero-order chi connectivity index (χ0) is 10.7. The van der Waals surface area contributed by atoms with Crippen LogP contribution in [0.1, 0.15) is 11.7 Å². The fraction of sp³-hybridized carbons (Fsp3) is 0.250. The molecule has 0 saturated carbocycles.